The fraction of sp³-hybridized carbons (Fsp3) is 0.154. The number of halogens is 1. The van der Waals surface area contributed by atoms with Crippen LogP contribution in [-0.2, 0) is 6.54 Å². The zero-order valence-electron chi connectivity index (χ0n) is 10.2. The van der Waals surface area contributed by atoms with Crippen molar-refractivity contribution < 1.29 is 4.74 Å². The number of nitriles is 1. The summed E-state index contributed by atoms with van der Waals surface area (Å²) in [5.41, 5.74) is 1.35. The molecule has 0 amide bonds. The molecule has 0 spiro atoms. The number of hydrogen-bond acceptors (Lipinski definition) is 5. The second-order valence-electron chi connectivity index (χ2n) is 3.70. The molecule has 19 heavy (non-hydrogen) atoms. The van der Waals surface area contributed by atoms with Crippen molar-refractivity contribution in [3.05, 3.63) is 46.7 Å². The van der Waals surface area contributed by atoms with Crippen molar-refractivity contribution in [1.82, 2.24) is 9.97 Å². The van der Waals surface area contributed by atoms with Gasteiger partial charge in [0.2, 0.25) is 5.88 Å². The van der Waals surface area contributed by atoms with Gasteiger partial charge in [0.05, 0.1) is 18.7 Å². The summed E-state index contributed by atoms with van der Waals surface area (Å²) in [4.78, 5) is 8.19. The molecule has 0 aliphatic carbocycles. The highest BCUT2D eigenvalue weighted by atomic mass is 35.5. The highest BCUT2D eigenvalue weighted by molar-refractivity contribution is 6.29. The summed E-state index contributed by atoms with van der Waals surface area (Å²) in [6.45, 7) is 0.481. The van der Waals surface area contributed by atoms with E-state index in [4.69, 9.17) is 21.6 Å². The van der Waals surface area contributed by atoms with Crippen LogP contribution in [0.5, 0.6) is 5.88 Å². The number of methoxy groups -OCH3 is 1. The normalized spacial score (nSPS) is 9.74. The zero-order chi connectivity index (χ0) is 13.7. The number of pyridine rings is 2. The summed E-state index contributed by atoms with van der Waals surface area (Å²) in [5, 5.41) is 12.2. The Morgan fingerprint density at radius 1 is 1.47 bits per heavy atom. The van der Waals surface area contributed by atoms with E-state index in [2.05, 4.69) is 15.3 Å². The molecule has 0 aromatic carbocycles. The van der Waals surface area contributed by atoms with E-state index in [1.165, 1.54) is 6.07 Å². The predicted octanol–water partition coefficient (Wildman–Crippen LogP) is 2.62. The molecule has 2 aromatic rings. The molecule has 0 unspecified atom stereocenters. The molecule has 0 bridgehead atoms. The fourth-order valence-corrected chi connectivity index (χ4v) is 1.79. The van der Waals surface area contributed by atoms with E-state index in [1.807, 2.05) is 18.2 Å². The maximum absolute atomic E-state index is 8.86. The van der Waals surface area contributed by atoms with Crippen molar-refractivity contribution in [2.45, 2.75) is 6.54 Å². The summed E-state index contributed by atoms with van der Waals surface area (Å²) >= 11 is 5.83. The molecule has 0 aliphatic heterocycles. The van der Waals surface area contributed by atoms with Gasteiger partial charge in [-0.3, -0.25) is 0 Å². The molecular formula is C13H11ClN4O. The molecule has 0 radical (unpaired) electrons. The maximum Gasteiger partial charge on any atom is 0.218 e. The summed E-state index contributed by atoms with van der Waals surface area (Å²) in [5.74, 6) is 1.09. The Labute approximate surface area is 115 Å². The molecule has 0 saturated heterocycles. The molecule has 1 N–H and O–H groups in total. The van der Waals surface area contributed by atoms with Crippen molar-refractivity contribution in [3.8, 4) is 11.9 Å². The lowest BCUT2D eigenvalue weighted by atomic mass is 10.2. The van der Waals surface area contributed by atoms with E-state index >= 15 is 0 Å². The lowest BCUT2D eigenvalue weighted by Crippen LogP contribution is -2.04. The van der Waals surface area contributed by atoms with Crippen LogP contribution >= 0.6 is 11.6 Å². The molecule has 96 valence electrons. The Morgan fingerprint density at radius 3 is 3.05 bits per heavy atom. The van der Waals surface area contributed by atoms with E-state index in [1.54, 1.807) is 19.4 Å². The van der Waals surface area contributed by atoms with E-state index in [0.717, 1.165) is 5.56 Å². The molecule has 2 heterocycles. The summed E-state index contributed by atoms with van der Waals surface area (Å²) in [7, 11) is 1.57. The van der Waals surface area contributed by atoms with Crippen molar-refractivity contribution >= 4 is 17.4 Å². The summed E-state index contributed by atoms with van der Waals surface area (Å²) in [6, 6.07) is 8.89. The molecule has 2 aromatic heterocycles. The van der Waals surface area contributed by atoms with Gasteiger partial charge in [0.25, 0.3) is 0 Å². The lowest BCUT2D eigenvalue weighted by molar-refractivity contribution is 0.393. The average molecular weight is 275 g/mol. The monoisotopic (exact) mass is 274 g/mol. The minimum atomic E-state index is 0.278. The molecule has 0 aliphatic rings. The van der Waals surface area contributed by atoms with Crippen LogP contribution < -0.4 is 10.1 Å². The number of anilines is 1. The maximum atomic E-state index is 8.86. The number of nitrogens with one attached hydrogen (secondary N) is 1. The van der Waals surface area contributed by atoms with Crippen LogP contribution in [0.15, 0.2) is 30.5 Å². The quantitative estimate of drug-likeness (QED) is 0.868. The van der Waals surface area contributed by atoms with Gasteiger partial charge < -0.3 is 10.1 Å². The van der Waals surface area contributed by atoms with Crippen LogP contribution in [0.25, 0.3) is 0 Å². The van der Waals surface area contributed by atoms with Crippen LogP contribution in [0.4, 0.5) is 5.82 Å². The first-order valence-electron chi connectivity index (χ1n) is 5.52. The molecule has 6 heteroatoms. The Hall–Kier alpha value is -2.32. The minimum absolute atomic E-state index is 0.278. The van der Waals surface area contributed by atoms with Crippen LogP contribution in [0.1, 0.15) is 11.1 Å². The van der Waals surface area contributed by atoms with Crippen LogP contribution in [-0.4, -0.2) is 17.1 Å². The standard InChI is InChI=1S/C13H11ClN4O/c1-19-13-10(3-2-4-16-13)8-17-12-6-9(7-15)5-11(14)18-12/h2-6H,8H2,1H3,(H,17,18). The van der Waals surface area contributed by atoms with Crippen molar-refractivity contribution in [2.24, 2.45) is 0 Å². The smallest absolute Gasteiger partial charge is 0.218 e. The Balaban J connectivity index is 2.15. The number of nitrogens with zero attached hydrogens (tertiary/aromatic N) is 3. The number of hydrogen-bond donors (Lipinski definition) is 1. The highest BCUT2D eigenvalue weighted by Crippen LogP contribution is 2.17. The van der Waals surface area contributed by atoms with E-state index in [0.29, 0.717) is 23.8 Å². The van der Waals surface area contributed by atoms with Gasteiger partial charge in [-0.25, -0.2) is 9.97 Å². The predicted molar refractivity (Wildman–Crippen MR) is 72.1 cm³/mol. The zero-order valence-corrected chi connectivity index (χ0v) is 11.0. The Bertz CT molecular complexity index is 624. The van der Waals surface area contributed by atoms with Crippen molar-refractivity contribution in [3.63, 3.8) is 0 Å². The lowest BCUT2D eigenvalue weighted by Gasteiger charge is -2.09. The van der Waals surface area contributed by atoms with Crippen LogP contribution in [0.2, 0.25) is 5.15 Å². The van der Waals surface area contributed by atoms with Gasteiger partial charge in [0.1, 0.15) is 11.0 Å². The van der Waals surface area contributed by atoms with Crippen LogP contribution in [0, 0.1) is 11.3 Å². The molecular weight excluding hydrogens is 264 g/mol. The van der Waals surface area contributed by atoms with Gasteiger partial charge in [0.15, 0.2) is 0 Å². The topological polar surface area (TPSA) is 70.8 Å². The van der Waals surface area contributed by atoms with Gasteiger partial charge in [-0.05, 0) is 18.2 Å². The highest BCUT2D eigenvalue weighted by Gasteiger charge is 2.05. The van der Waals surface area contributed by atoms with Gasteiger partial charge in [-0.2, -0.15) is 5.26 Å². The van der Waals surface area contributed by atoms with E-state index in [-0.39, 0.29) is 5.15 Å². The largest absolute Gasteiger partial charge is 0.481 e. The van der Waals surface area contributed by atoms with Crippen LogP contribution in [0.3, 0.4) is 0 Å². The van der Waals surface area contributed by atoms with E-state index < -0.39 is 0 Å². The third-order valence-corrected chi connectivity index (χ3v) is 2.62. The van der Waals surface area contributed by atoms with E-state index in [9.17, 15) is 0 Å². The van der Waals surface area contributed by atoms with Gasteiger partial charge in [0, 0.05) is 18.3 Å². The second-order valence-corrected chi connectivity index (χ2v) is 4.09. The summed E-state index contributed by atoms with van der Waals surface area (Å²) < 4.78 is 5.15. The van der Waals surface area contributed by atoms with Gasteiger partial charge in [-0.15, -0.1) is 0 Å². The van der Waals surface area contributed by atoms with Crippen molar-refractivity contribution in [2.75, 3.05) is 12.4 Å². The first-order valence-corrected chi connectivity index (χ1v) is 5.90. The third-order valence-electron chi connectivity index (χ3n) is 2.43. The number of rotatable bonds is 4. The molecule has 0 saturated carbocycles. The summed E-state index contributed by atoms with van der Waals surface area (Å²) in [6.07, 6.45) is 1.66. The molecule has 0 fully saturated rings. The molecule has 5 nitrogen and oxygen atoms in total. The first-order chi connectivity index (χ1) is 9.22. The third kappa shape index (κ3) is 3.33. The molecule has 0 atom stereocenters. The molecule has 2 rings (SSSR count). The first kappa shape index (κ1) is 13.1. The Morgan fingerprint density at radius 2 is 2.32 bits per heavy atom. The minimum Gasteiger partial charge on any atom is -0.481 e. The second kappa shape index (κ2) is 6.03. The van der Waals surface area contributed by atoms with Gasteiger partial charge >= 0.3 is 0 Å². The average Bonchev–Trinajstić information content (AvgIpc) is 2.44. The van der Waals surface area contributed by atoms with Crippen molar-refractivity contribution in [1.29, 1.82) is 5.26 Å². The van der Waals surface area contributed by atoms with Gasteiger partial charge in [-0.1, -0.05) is 17.7 Å². The number of ether oxygens (including phenoxy) is 1. The Kier molecular flexibility index (Phi) is 4.16. The number of aromatic nitrogens is 2. The fourth-order valence-electron chi connectivity index (χ4n) is 1.58. The SMILES string of the molecule is COc1ncccc1CNc1cc(C#N)cc(Cl)n1.